The molecule has 0 radical (unpaired) electrons. The van der Waals surface area contributed by atoms with Crippen LogP contribution in [0.2, 0.25) is 0 Å². The van der Waals surface area contributed by atoms with Gasteiger partial charge >= 0.3 is 0 Å². The fourth-order valence-corrected chi connectivity index (χ4v) is 4.16. The van der Waals surface area contributed by atoms with E-state index in [1.54, 1.807) is 11.3 Å². The van der Waals surface area contributed by atoms with Crippen molar-refractivity contribution >= 4 is 28.1 Å². The Morgan fingerprint density at radius 2 is 2.35 bits per heavy atom. The maximum Gasteiger partial charge on any atom is 0.246 e. The normalized spacial score (nSPS) is 27.8. The van der Waals surface area contributed by atoms with Crippen LogP contribution < -0.4 is 10.3 Å². The van der Waals surface area contributed by atoms with E-state index in [1.807, 2.05) is 5.38 Å². The van der Waals surface area contributed by atoms with Gasteiger partial charge in [-0.3, -0.25) is 4.79 Å². The number of nitrogens with one attached hydrogen (secondary N) is 1. The van der Waals surface area contributed by atoms with E-state index in [0.717, 1.165) is 55.7 Å². The number of ether oxygens (including phenoxy) is 1. The highest BCUT2D eigenvalue weighted by Crippen LogP contribution is 2.40. The fourth-order valence-electron chi connectivity index (χ4n) is 3.28. The summed E-state index contributed by atoms with van der Waals surface area (Å²) in [6, 6.07) is 0. The van der Waals surface area contributed by atoms with Gasteiger partial charge in [-0.25, -0.2) is 10.4 Å². The van der Waals surface area contributed by atoms with E-state index in [1.165, 1.54) is 0 Å². The second-order valence-electron chi connectivity index (χ2n) is 6.17. The average molecular weight is 332 g/mol. The van der Waals surface area contributed by atoms with Crippen LogP contribution in [0, 0.1) is 11.8 Å². The number of nitrogens with zero attached hydrogens (tertiary/aromatic N) is 3. The Kier molecular flexibility index (Phi) is 4.13. The van der Waals surface area contributed by atoms with Crippen molar-refractivity contribution in [1.82, 2.24) is 10.4 Å². The van der Waals surface area contributed by atoms with Gasteiger partial charge in [0.15, 0.2) is 5.13 Å². The molecule has 1 amide bonds. The third-order valence-electron chi connectivity index (χ3n) is 4.65. The number of carbonyl (C=O) groups is 1. The SMILES string of the molecule is O=C(Cc1csc(N2CCOCC2)n1)N/N=C1/C[C@@H]2C=CC[C@@H]12. The number of carbonyl (C=O) groups excluding carboxylic acids is 1. The van der Waals surface area contributed by atoms with Gasteiger partial charge in [-0.2, -0.15) is 5.10 Å². The van der Waals surface area contributed by atoms with Gasteiger partial charge in [0, 0.05) is 30.1 Å². The summed E-state index contributed by atoms with van der Waals surface area (Å²) in [5.74, 6) is 1.09. The molecule has 2 aliphatic carbocycles. The quantitative estimate of drug-likeness (QED) is 0.672. The lowest BCUT2D eigenvalue weighted by Gasteiger charge is -2.31. The summed E-state index contributed by atoms with van der Waals surface area (Å²) in [6.45, 7) is 3.21. The predicted octanol–water partition coefficient (Wildman–Crippen LogP) is 1.59. The van der Waals surface area contributed by atoms with Crippen LogP contribution >= 0.6 is 11.3 Å². The summed E-state index contributed by atoms with van der Waals surface area (Å²) in [7, 11) is 0. The second-order valence-corrected chi connectivity index (χ2v) is 7.01. The van der Waals surface area contributed by atoms with Crippen molar-refractivity contribution in [2.45, 2.75) is 19.3 Å². The van der Waals surface area contributed by atoms with Gasteiger partial charge in [-0.1, -0.05) is 12.2 Å². The molecule has 1 saturated heterocycles. The Labute approximate surface area is 139 Å². The number of anilines is 1. The zero-order chi connectivity index (χ0) is 15.6. The number of hydrazone groups is 1. The highest BCUT2D eigenvalue weighted by molar-refractivity contribution is 7.13. The minimum Gasteiger partial charge on any atom is -0.378 e. The largest absolute Gasteiger partial charge is 0.378 e. The molecule has 7 heteroatoms. The number of rotatable bonds is 4. The highest BCUT2D eigenvalue weighted by Gasteiger charge is 2.38. The summed E-state index contributed by atoms with van der Waals surface area (Å²) in [6.07, 6.45) is 6.80. The van der Waals surface area contributed by atoms with Crippen LogP contribution in [0.1, 0.15) is 18.5 Å². The minimum absolute atomic E-state index is 0.0919. The Balaban J connectivity index is 1.29. The minimum atomic E-state index is -0.0919. The van der Waals surface area contributed by atoms with Gasteiger partial charge in [0.05, 0.1) is 25.3 Å². The molecule has 0 aromatic carbocycles. The number of aromatic nitrogens is 1. The van der Waals surface area contributed by atoms with Crippen molar-refractivity contribution in [3.05, 3.63) is 23.2 Å². The molecule has 2 fully saturated rings. The molecule has 4 rings (SSSR count). The van der Waals surface area contributed by atoms with Crippen molar-refractivity contribution in [2.75, 3.05) is 31.2 Å². The van der Waals surface area contributed by atoms with Crippen LogP contribution in [-0.2, 0) is 16.0 Å². The van der Waals surface area contributed by atoms with Crippen LogP contribution in [0.5, 0.6) is 0 Å². The Bertz CT molecular complexity index is 648. The summed E-state index contributed by atoms with van der Waals surface area (Å²) in [5, 5.41) is 7.22. The van der Waals surface area contributed by atoms with Gasteiger partial charge in [0.1, 0.15) is 0 Å². The molecular formula is C16H20N4O2S. The van der Waals surface area contributed by atoms with E-state index in [-0.39, 0.29) is 12.3 Å². The molecule has 2 heterocycles. The van der Waals surface area contributed by atoms with E-state index < -0.39 is 0 Å². The van der Waals surface area contributed by atoms with Gasteiger partial charge in [-0.15, -0.1) is 11.3 Å². The molecule has 3 aliphatic rings. The monoisotopic (exact) mass is 332 g/mol. The van der Waals surface area contributed by atoms with Gasteiger partial charge in [-0.05, 0) is 18.8 Å². The van der Waals surface area contributed by atoms with E-state index in [0.29, 0.717) is 11.8 Å². The van der Waals surface area contributed by atoms with Crippen LogP contribution in [-0.4, -0.2) is 42.9 Å². The van der Waals surface area contributed by atoms with Crippen molar-refractivity contribution in [3.63, 3.8) is 0 Å². The summed E-state index contributed by atoms with van der Waals surface area (Å²) in [5.41, 5.74) is 4.62. The lowest BCUT2D eigenvalue weighted by Crippen LogP contribution is -2.36. The first kappa shape index (κ1) is 14.8. The molecule has 0 bridgehead atoms. The van der Waals surface area contributed by atoms with E-state index >= 15 is 0 Å². The van der Waals surface area contributed by atoms with Crippen LogP contribution in [0.15, 0.2) is 22.6 Å². The van der Waals surface area contributed by atoms with Crippen LogP contribution in [0.4, 0.5) is 5.13 Å². The lowest BCUT2D eigenvalue weighted by atomic mass is 9.74. The molecule has 1 aliphatic heterocycles. The van der Waals surface area contributed by atoms with Crippen molar-refractivity contribution in [1.29, 1.82) is 0 Å². The van der Waals surface area contributed by atoms with Crippen molar-refractivity contribution in [3.8, 4) is 0 Å². The third-order valence-corrected chi connectivity index (χ3v) is 5.60. The third kappa shape index (κ3) is 3.16. The Morgan fingerprint density at radius 1 is 1.48 bits per heavy atom. The maximum atomic E-state index is 12.0. The highest BCUT2D eigenvalue weighted by atomic mass is 32.1. The Hall–Kier alpha value is -1.73. The molecule has 1 aromatic rings. The number of amides is 1. The summed E-state index contributed by atoms with van der Waals surface area (Å²) < 4.78 is 5.34. The molecule has 1 N–H and O–H groups in total. The second kappa shape index (κ2) is 6.41. The van der Waals surface area contributed by atoms with Crippen LogP contribution in [0.25, 0.3) is 0 Å². The number of hydrogen-bond donors (Lipinski definition) is 1. The lowest BCUT2D eigenvalue weighted by molar-refractivity contribution is -0.120. The fraction of sp³-hybridized carbons (Fsp3) is 0.562. The molecule has 23 heavy (non-hydrogen) atoms. The molecule has 0 spiro atoms. The van der Waals surface area contributed by atoms with Gasteiger partial charge in [0.2, 0.25) is 5.91 Å². The molecule has 1 saturated carbocycles. The zero-order valence-electron chi connectivity index (χ0n) is 12.9. The van der Waals surface area contributed by atoms with E-state index in [4.69, 9.17) is 4.74 Å². The summed E-state index contributed by atoms with van der Waals surface area (Å²) >= 11 is 1.59. The first-order valence-electron chi connectivity index (χ1n) is 8.08. The molecule has 6 nitrogen and oxygen atoms in total. The molecule has 1 aromatic heterocycles. The first-order valence-corrected chi connectivity index (χ1v) is 8.96. The van der Waals surface area contributed by atoms with Crippen molar-refractivity contribution in [2.24, 2.45) is 16.9 Å². The molecular weight excluding hydrogens is 312 g/mol. The standard InChI is InChI=1S/C16H20N4O2S/c21-15(19-18-14-8-11-2-1-3-13(11)14)9-12-10-23-16(17-12)20-4-6-22-7-5-20/h1-2,10-11,13H,3-9H2,(H,19,21)/b18-14-/t11-,13+/m0/s1. The summed E-state index contributed by atoms with van der Waals surface area (Å²) in [4.78, 5) is 18.8. The van der Waals surface area contributed by atoms with E-state index in [9.17, 15) is 4.79 Å². The topological polar surface area (TPSA) is 66.8 Å². The molecule has 0 unspecified atom stereocenters. The molecule has 2 atom stereocenters. The zero-order valence-corrected chi connectivity index (χ0v) is 13.7. The van der Waals surface area contributed by atoms with Gasteiger partial charge in [0.25, 0.3) is 0 Å². The number of morpholine rings is 1. The van der Waals surface area contributed by atoms with Crippen LogP contribution in [0.3, 0.4) is 0 Å². The Morgan fingerprint density at radius 3 is 3.17 bits per heavy atom. The first-order chi connectivity index (χ1) is 11.3. The maximum absolute atomic E-state index is 12.0. The number of hydrogen-bond acceptors (Lipinski definition) is 6. The predicted molar refractivity (Wildman–Crippen MR) is 89.8 cm³/mol. The number of fused-ring (bicyclic) bond motifs is 1. The van der Waals surface area contributed by atoms with Gasteiger partial charge < -0.3 is 9.64 Å². The molecule has 122 valence electrons. The smallest absolute Gasteiger partial charge is 0.246 e. The number of thiazole rings is 1. The van der Waals surface area contributed by atoms with E-state index in [2.05, 4.69) is 32.6 Å². The average Bonchev–Trinajstić information content (AvgIpc) is 3.16. The van der Waals surface area contributed by atoms with Crippen molar-refractivity contribution < 1.29 is 9.53 Å². The number of allylic oxidation sites excluding steroid dienone is 2.